The number of carbonyl (C=O) groups is 1. The number of anilines is 1. The topological polar surface area (TPSA) is 29.5 Å². The quantitative estimate of drug-likeness (QED) is 0.778. The Kier molecular flexibility index (Phi) is 4.77. The van der Waals surface area contributed by atoms with E-state index in [1.54, 1.807) is 6.07 Å². The highest BCUT2D eigenvalue weighted by atomic mass is 16.5. The van der Waals surface area contributed by atoms with Crippen LogP contribution < -0.4 is 4.90 Å². The van der Waals surface area contributed by atoms with Gasteiger partial charge in [0.25, 0.3) is 0 Å². The van der Waals surface area contributed by atoms with E-state index in [0.717, 1.165) is 17.8 Å². The van der Waals surface area contributed by atoms with Gasteiger partial charge in [-0.1, -0.05) is 36.4 Å². The van der Waals surface area contributed by atoms with E-state index in [-0.39, 0.29) is 5.97 Å². The molecule has 20 heavy (non-hydrogen) atoms. The minimum Gasteiger partial charge on any atom is -0.465 e. The van der Waals surface area contributed by atoms with Crippen LogP contribution in [0.2, 0.25) is 0 Å². The van der Waals surface area contributed by atoms with Gasteiger partial charge in [-0.2, -0.15) is 0 Å². The Labute approximate surface area is 119 Å². The molecule has 3 heteroatoms. The first-order valence-corrected chi connectivity index (χ1v) is 6.72. The monoisotopic (exact) mass is 269 g/mol. The van der Waals surface area contributed by atoms with Crippen molar-refractivity contribution in [1.82, 2.24) is 0 Å². The highest BCUT2D eigenvalue weighted by molar-refractivity contribution is 5.91. The zero-order valence-corrected chi connectivity index (χ0v) is 11.9. The summed E-state index contributed by atoms with van der Waals surface area (Å²) in [5.41, 5.74) is 2.75. The minimum atomic E-state index is -0.287. The lowest BCUT2D eigenvalue weighted by Crippen LogP contribution is -2.23. The van der Waals surface area contributed by atoms with Crippen LogP contribution in [0, 0.1) is 0 Å². The summed E-state index contributed by atoms with van der Waals surface area (Å²) in [6, 6.07) is 17.8. The maximum atomic E-state index is 11.8. The molecule has 0 aliphatic carbocycles. The summed E-state index contributed by atoms with van der Waals surface area (Å²) >= 11 is 0. The number of hydrogen-bond acceptors (Lipinski definition) is 3. The number of rotatable bonds is 5. The summed E-state index contributed by atoms with van der Waals surface area (Å²) in [7, 11) is 1.41. The third-order valence-electron chi connectivity index (χ3n) is 3.29. The normalized spacial score (nSPS) is 10.1. The van der Waals surface area contributed by atoms with Crippen molar-refractivity contribution >= 4 is 11.7 Å². The Bertz CT molecular complexity index is 566. The van der Waals surface area contributed by atoms with E-state index in [1.807, 2.05) is 36.4 Å². The van der Waals surface area contributed by atoms with Gasteiger partial charge in [0.05, 0.1) is 12.7 Å². The van der Waals surface area contributed by atoms with Gasteiger partial charge in [-0.3, -0.25) is 0 Å². The summed E-state index contributed by atoms with van der Waals surface area (Å²) in [6.07, 6.45) is 0. The first-order valence-electron chi connectivity index (χ1n) is 6.72. The van der Waals surface area contributed by atoms with E-state index in [9.17, 15) is 4.79 Å². The highest BCUT2D eigenvalue weighted by Crippen LogP contribution is 2.19. The molecular formula is C17H19NO2. The molecule has 3 nitrogen and oxygen atoms in total. The van der Waals surface area contributed by atoms with Crippen LogP contribution in [0.5, 0.6) is 0 Å². The molecule has 0 aliphatic rings. The van der Waals surface area contributed by atoms with Crippen LogP contribution in [-0.2, 0) is 11.3 Å². The average Bonchev–Trinajstić information content (AvgIpc) is 2.53. The maximum absolute atomic E-state index is 11.8. The van der Waals surface area contributed by atoms with Crippen LogP contribution in [0.15, 0.2) is 54.6 Å². The second-order valence-electron chi connectivity index (χ2n) is 4.50. The van der Waals surface area contributed by atoms with Crippen LogP contribution in [0.4, 0.5) is 5.69 Å². The Morgan fingerprint density at radius 2 is 1.70 bits per heavy atom. The summed E-state index contributed by atoms with van der Waals surface area (Å²) < 4.78 is 4.84. The molecule has 104 valence electrons. The SMILES string of the molecule is CCN(Cc1ccccc1C(=O)OC)c1ccccc1. The lowest BCUT2D eigenvalue weighted by molar-refractivity contribution is 0.0599. The molecule has 2 aromatic carbocycles. The van der Waals surface area contributed by atoms with E-state index in [1.165, 1.54) is 7.11 Å². The smallest absolute Gasteiger partial charge is 0.338 e. The van der Waals surface area contributed by atoms with Gasteiger partial charge in [-0.25, -0.2) is 4.79 Å². The molecule has 0 spiro atoms. The molecule has 0 aliphatic heterocycles. The lowest BCUT2D eigenvalue weighted by atomic mass is 10.1. The average molecular weight is 269 g/mol. The highest BCUT2D eigenvalue weighted by Gasteiger charge is 2.13. The van der Waals surface area contributed by atoms with Crippen molar-refractivity contribution in [1.29, 1.82) is 0 Å². The van der Waals surface area contributed by atoms with Crippen LogP contribution in [-0.4, -0.2) is 19.6 Å². The van der Waals surface area contributed by atoms with Crippen LogP contribution in [0.3, 0.4) is 0 Å². The number of hydrogen-bond donors (Lipinski definition) is 0. The van der Waals surface area contributed by atoms with Gasteiger partial charge in [0.2, 0.25) is 0 Å². The van der Waals surface area contributed by atoms with Crippen LogP contribution in [0.25, 0.3) is 0 Å². The molecule has 0 atom stereocenters. The Balaban J connectivity index is 2.26. The minimum absolute atomic E-state index is 0.287. The van der Waals surface area contributed by atoms with Crippen molar-refractivity contribution in [2.24, 2.45) is 0 Å². The van der Waals surface area contributed by atoms with Crippen LogP contribution in [0.1, 0.15) is 22.8 Å². The molecule has 2 aromatic rings. The van der Waals surface area contributed by atoms with Crippen molar-refractivity contribution in [2.45, 2.75) is 13.5 Å². The molecule has 0 heterocycles. The van der Waals surface area contributed by atoms with Gasteiger partial charge in [-0.05, 0) is 30.7 Å². The number of para-hydroxylation sites is 1. The Morgan fingerprint density at radius 1 is 1.05 bits per heavy atom. The summed E-state index contributed by atoms with van der Waals surface area (Å²) in [5, 5.41) is 0. The zero-order valence-electron chi connectivity index (χ0n) is 11.9. The third kappa shape index (κ3) is 3.18. The van der Waals surface area contributed by atoms with Crippen molar-refractivity contribution in [3.63, 3.8) is 0 Å². The summed E-state index contributed by atoms with van der Waals surface area (Å²) in [4.78, 5) is 14.0. The fourth-order valence-corrected chi connectivity index (χ4v) is 2.20. The second-order valence-corrected chi connectivity index (χ2v) is 4.50. The van der Waals surface area contributed by atoms with E-state index in [0.29, 0.717) is 12.1 Å². The van der Waals surface area contributed by atoms with Crippen molar-refractivity contribution < 1.29 is 9.53 Å². The van der Waals surface area contributed by atoms with E-state index < -0.39 is 0 Å². The largest absolute Gasteiger partial charge is 0.465 e. The first-order chi connectivity index (χ1) is 9.76. The molecule has 0 saturated carbocycles. The lowest BCUT2D eigenvalue weighted by Gasteiger charge is -2.24. The fraction of sp³-hybridized carbons (Fsp3) is 0.235. The fourth-order valence-electron chi connectivity index (χ4n) is 2.20. The molecule has 0 fully saturated rings. The van der Waals surface area contributed by atoms with Gasteiger partial charge in [0, 0.05) is 18.8 Å². The number of carbonyl (C=O) groups excluding carboxylic acids is 1. The second kappa shape index (κ2) is 6.75. The van der Waals surface area contributed by atoms with Gasteiger partial charge in [0.15, 0.2) is 0 Å². The van der Waals surface area contributed by atoms with Crippen molar-refractivity contribution in [2.75, 3.05) is 18.6 Å². The molecule has 2 rings (SSSR count). The van der Waals surface area contributed by atoms with Gasteiger partial charge in [-0.15, -0.1) is 0 Å². The molecule has 0 N–H and O–H groups in total. The number of ether oxygens (including phenoxy) is 1. The van der Waals surface area contributed by atoms with Crippen molar-refractivity contribution in [3.05, 3.63) is 65.7 Å². The number of benzene rings is 2. The van der Waals surface area contributed by atoms with Crippen molar-refractivity contribution in [3.8, 4) is 0 Å². The molecule has 0 saturated heterocycles. The van der Waals surface area contributed by atoms with Crippen LogP contribution >= 0.6 is 0 Å². The molecule has 0 aromatic heterocycles. The van der Waals surface area contributed by atoms with Gasteiger partial charge in [0.1, 0.15) is 0 Å². The summed E-state index contributed by atoms with van der Waals surface area (Å²) in [5.74, 6) is -0.287. The van der Waals surface area contributed by atoms with Gasteiger partial charge >= 0.3 is 5.97 Å². The predicted molar refractivity (Wildman–Crippen MR) is 80.9 cm³/mol. The third-order valence-corrected chi connectivity index (χ3v) is 3.29. The van der Waals surface area contributed by atoms with E-state index in [4.69, 9.17) is 4.74 Å². The first kappa shape index (κ1) is 14.1. The molecule has 0 bridgehead atoms. The zero-order chi connectivity index (χ0) is 14.4. The van der Waals surface area contributed by atoms with Gasteiger partial charge < -0.3 is 9.64 Å². The summed E-state index contributed by atoms with van der Waals surface area (Å²) in [6.45, 7) is 3.67. The molecule has 0 radical (unpaired) electrons. The van der Waals surface area contributed by atoms with E-state index >= 15 is 0 Å². The molecule has 0 amide bonds. The molecule has 0 unspecified atom stereocenters. The van der Waals surface area contributed by atoms with E-state index in [2.05, 4.69) is 24.0 Å². The Hall–Kier alpha value is -2.29. The number of nitrogens with zero attached hydrogens (tertiary/aromatic N) is 1. The number of esters is 1. The Morgan fingerprint density at radius 3 is 2.35 bits per heavy atom. The standard InChI is InChI=1S/C17H19NO2/c1-3-18(15-10-5-4-6-11-15)13-14-9-7-8-12-16(14)17(19)20-2/h4-12H,3,13H2,1-2H3. The number of methoxy groups -OCH3 is 1. The predicted octanol–water partition coefficient (Wildman–Crippen LogP) is 3.50. The maximum Gasteiger partial charge on any atom is 0.338 e. The molecular weight excluding hydrogens is 250 g/mol.